The molecule has 33 heavy (non-hydrogen) atoms. The van der Waals surface area contributed by atoms with Crippen LogP contribution in [0.3, 0.4) is 0 Å². The number of pyridine rings is 1. The smallest absolute Gasteiger partial charge is 0.340 e. The molecule has 3 heterocycles. The van der Waals surface area contributed by atoms with Gasteiger partial charge in [-0.2, -0.15) is 0 Å². The number of halogens is 1. The fourth-order valence-electron chi connectivity index (χ4n) is 4.29. The number of carbonyl (C=O) groups is 1. The maximum atomic E-state index is 14.8. The van der Waals surface area contributed by atoms with Crippen molar-refractivity contribution in [2.45, 2.75) is 44.8 Å². The van der Waals surface area contributed by atoms with E-state index in [4.69, 9.17) is 20.4 Å². The molecule has 0 bridgehead atoms. The summed E-state index contributed by atoms with van der Waals surface area (Å²) in [5.74, 6) is -0.596. The normalized spacial score (nSPS) is 14.7. The number of methoxy groups -OCH3 is 1. The molecule has 8 heteroatoms. The Balaban J connectivity index is 1.77. The lowest BCUT2D eigenvalue weighted by molar-refractivity contribution is 0.0595. The molecule has 2 N–H and O–H groups in total. The molecule has 0 saturated heterocycles. The fraction of sp³-hybridized carbons (Fsp3) is 0.320. The molecule has 0 amide bonds. The minimum atomic E-state index is -0.718. The first kappa shape index (κ1) is 21.3. The molecule has 1 saturated carbocycles. The van der Waals surface area contributed by atoms with E-state index in [0.29, 0.717) is 17.6 Å². The summed E-state index contributed by atoms with van der Waals surface area (Å²) in [5, 5.41) is 0.981. The van der Waals surface area contributed by atoms with Gasteiger partial charge in [0, 0.05) is 30.1 Å². The first-order valence-electron chi connectivity index (χ1n) is 11.1. The number of rotatable bonds is 7. The van der Waals surface area contributed by atoms with Crippen molar-refractivity contribution in [1.29, 1.82) is 0 Å². The number of benzene rings is 1. The topological polar surface area (TPSA) is 88.0 Å². The number of aryl methyl sites for hydroxylation is 1. The van der Waals surface area contributed by atoms with Crippen molar-refractivity contribution in [3.8, 4) is 11.5 Å². The van der Waals surface area contributed by atoms with Crippen molar-refractivity contribution in [3.05, 3.63) is 60.1 Å². The third-order valence-electron chi connectivity index (χ3n) is 6.11. The van der Waals surface area contributed by atoms with Crippen LogP contribution in [0.25, 0.3) is 33.6 Å². The summed E-state index contributed by atoms with van der Waals surface area (Å²) < 4.78 is 23.7. The lowest BCUT2D eigenvalue weighted by Crippen LogP contribution is -2.09. The van der Waals surface area contributed by atoms with E-state index in [1.807, 2.05) is 25.1 Å². The van der Waals surface area contributed by atoms with Crippen molar-refractivity contribution in [2.75, 3.05) is 7.11 Å². The van der Waals surface area contributed by atoms with Crippen LogP contribution in [-0.4, -0.2) is 32.2 Å². The molecule has 0 unspecified atom stereocenters. The Labute approximate surface area is 190 Å². The number of nitrogens with two attached hydrogens (primary N) is 1. The van der Waals surface area contributed by atoms with Crippen LogP contribution in [0.5, 0.6) is 0 Å². The standard InChI is InChI=1S/C25H26FN5O2/c1-4-5-10-30-22(11-15-6-9-19(14(2)27)28-23(15)30)24-29-20-12-17(25(32)33-3)18(26)13-21(20)31(24)16-7-8-16/h4,6,9,11-14,16H,1,5,7-8,10,27H2,2-3H3/t14-/m1/s1. The second kappa shape index (κ2) is 8.12. The molecule has 0 spiro atoms. The van der Waals surface area contributed by atoms with E-state index in [2.05, 4.69) is 21.8 Å². The number of allylic oxidation sites excluding steroid dienone is 1. The highest BCUT2D eigenvalue weighted by Gasteiger charge is 2.31. The highest BCUT2D eigenvalue weighted by atomic mass is 19.1. The second-order valence-corrected chi connectivity index (χ2v) is 8.55. The van der Waals surface area contributed by atoms with Gasteiger partial charge in [-0.25, -0.2) is 19.2 Å². The summed E-state index contributed by atoms with van der Waals surface area (Å²) in [7, 11) is 1.24. The Kier molecular flexibility index (Phi) is 5.25. The Morgan fingerprint density at radius 2 is 2.12 bits per heavy atom. The molecule has 3 aromatic heterocycles. The first-order chi connectivity index (χ1) is 15.9. The van der Waals surface area contributed by atoms with Crippen LogP contribution >= 0.6 is 0 Å². The predicted molar refractivity (Wildman–Crippen MR) is 125 cm³/mol. The van der Waals surface area contributed by atoms with Crippen molar-refractivity contribution in [1.82, 2.24) is 19.1 Å². The lowest BCUT2D eigenvalue weighted by Gasteiger charge is -2.12. The van der Waals surface area contributed by atoms with Gasteiger partial charge in [0.05, 0.1) is 35.1 Å². The number of imidazole rings is 1. The van der Waals surface area contributed by atoms with Crippen LogP contribution in [0, 0.1) is 5.82 Å². The molecule has 7 nitrogen and oxygen atoms in total. The van der Waals surface area contributed by atoms with Crippen LogP contribution < -0.4 is 5.73 Å². The van der Waals surface area contributed by atoms with E-state index in [1.54, 1.807) is 0 Å². The Hall–Kier alpha value is -3.52. The molecule has 4 aromatic rings. The molecule has 1 atom stereocenters. The van der Waals surface area contributed by atoms with Crippen molar-refractivity contribution < 1.29 is 13.9 Å². The highest BCUT2D eigenvalue weighted by Crippen LogP contribution is 2.42. The maximum absolute atomic E-state index is 14.8. The van der Waals surface area contributed by atoms with E-state index in [1.165, 1.54) is 19.2 Å². The third kappa shape index (κ3) is 3.60. The van der Waals surface area contributed by atoms with Crippen molar-refractivity contribution in [3.63, 3.8) is 0 Å². The van der Waals surface area contributed by atoms with Gasteiger partial charge >= 0.3 is 5.97 Å². The average molecular weight is 448 g/mol. The Bertz CT molecular complexity index is 1400. The quantitative estimate of drug-likeness (QED) is 0.321. The van der Waals surface area contributed by atoms with Crippen molar-refractivity contribution in [2.24, 2.45) is 5.73 Å². The number of carbonyl (C=O) groups excluding carboxylic acids is 1. The van der Waals surface area contributed by atoms with Gasteiger partial charge in [-0.1, -0.05) is 6.08 Å². The number of esters is 1. The van der Waals surface area contributed by atoms with Gasteiger partial charge in [-0.05, 0) is 50.5 Å². The summed E-state index contributed by atoms with van der Waals surface area (Å²) in [6.45, 7) is 6.45. The summed E-state index contributed by atoms with van der Waals surface area (Å²) in [6.07, 6.45) is 4.62. The third-order valence-corrected chi connectivity index (χ3v) is 6.11. The minimum absolute atomic E-state index is 0.118. The molecular formula is C25H26FN5O2. The van der Waals surface area contributed by atoms with Gasteiger partial charge in [0.2, 0.25) is 0 Å². The van der Waals surface area contributed by atoms with Gasteiger partial charge in [0.25, 0.3) is 0 Å². The molecule has 0 aliphatic heterocycles. The zero-order chi connectivity index (χ0) is 23.3. The number of fused-ring (bicyclic) bond motifs is 2. The molecule has 1 aliphatic carbocycles. The van der Waals surface area contributed by atoms with Crippen LogP contribution in [0.1, 0.15) is 54.3 Å². The Morgan fingerprint density at radius 3 is 2.79 bits per heavy atom. The molecular weight excluding hydrogens is 421 g/mol. The van der Waals surface area contributed by atoms with E-state index in [9.17, 15) is 9.18 Å². The summed E-state index contributed by atoms with van der Waals surface area (Å²) in [4.78, 5) is 21.7. The highest BCUT2D eigenvalue weighted by molar-refractivity contribution is 5.95. The van der Waals surface area contributed by atoms with Crippen molar-refractivity contribution >= 4 is 28.0 Å². The number of nitrogens with zero attached hydrogens (tertiary/aromatic N) is 4. The molecule has 1 fully saturated rings. The largest absolute Gasteiger partial charge is 0.465 e. The van der Waals surface area contributed by atoms with Crippen LogP contribution in [0.15, 0.2) is 43.0 Å². The van der Waals surface area contributed by atoms with Gasteiger partial charge in [0.1, 0.15) is 11.5 Å². The maximum Gasteiger partial charge on any atom is 0.340 e. The molecule has 170 valence electrons. The summed E-state index contributed by atoms with van der Waals surface area (Å²) in [5.41, 5.74) is 9.73. The average Bonchev–Trinajstić information content (AvgIpc) is 3.48. The van der Waals surface area contributed by atoms with E-state index in [-0.39, 0.29) is 17.6 Å². The Morgan fingerprint density at radius 1 is 1.33 bits per heavy atom. The number of hydrogen-bond acceptors (Lipinski definition) is 5. The van der Waals surface area contributed by atoms with Gasteiger partial charge in [-0.15, -0.1) is 6.58 Å². The summed E-state index contributed by atoms with van der Waals surface area (Å²) >= 11 is 0. The number of hydrogen-bond donors (Lipinski definition) is 1. The van der Waals surface area contributed by atoms with Crippen LogP contribution in [0.4, 0.5) is 4.39 Å². The zero-order valence-corrected chi connectivity index (χ0v) is 18.7. The molecule has 1 aromatic carbocycles. The van der Waals surface area contributed by atoms with Crippen LogP contribution in [0.2, 0.25) is 0 Å². The summed E-state index contributed by atoms with van der Waals surface area (Å²) in [6, 6.07) is 8.95. The van der Waals surface area contributed by atoms with E-state index in [0.717, 1.165) is 47.5 Å². The van der Waals surface area contributed by atoms with E-state index >= 15 is 0 Å². The van der Waals surface area contributed by atoms with Gasteiger partial charge in [0.15, 0.2) is 5.82 Å². The lowest BCUT2D eigenvalue weighted by atomic mass is 10.2. The van der Waals surface area contributed by atoms with E-state index < -0.39 is 11.8 Å². The second-order valence-electron chi connectivity index (χ2n) is 8.55. The number of aromatic nitrogens is 4. The van der Waals surface area contributed by atoms with Gasteiger partial charge < -0.3 is 19.6 Å². The first-order valence-corrected chi connectivity index (χ1v) is 11.1. The minimum Gasteiger partial charge on any atom is -0.465 e. The SMILES string of the molecule is C=CCCn1c(-c2nc3cc(C(=O)OC)c(F)cc3n2C2CC2)cc2ccc([C@@H](C)N)nc21. The predicted octanol–water partition coefficient (Wildman–Crippen LogP) is 4.91. The molecule has 1 aliphatic rings. The van der Waals surface area contributed by atoms with Gasteiger partial charge in [-0.3, -0.25) is 0 Å². The zero-order valence-electron chi connectivity index (χ0n) is 18.7. The molecule has 0 radical (unpaired) electrons. The molecule has 5 rings (SSSR count). The number of ether oxygens (including phenoxy) is 1. The van der Waals surface area contributed by atoms with Crippen LogP contribution in [-0.2, 0) is 11.3 Å². The monoisotopic (exact) mass is 447 g/mol. The fourth-order valence-corrected chi connectivity index (χ4v) is 4.29.